The highest BCUT2D eigenvalue weighted by atomic mass is 16.2. The Bertz CT molecular complexity index is 1280. The molecule has 1 aliphatic heterocycles. The van der Waals surface area contributed by atoms with Crippen molar-refractivity contribution in [3.05, 3.63) is 71.0 Å². The number of nitrogens with zero attached hydrogens (tertiary/aromatic N) is 2. The number of aryl methyl sites for hydroxylation is 1. The van der Waals surface area contributed by atoms with Crippen LogP contribution in [0.5, 0.6) is 0 Å². The summed E-state index contributed by atoms with van der Waals surface area (Å²) in [7, 11) is 3.99. The van der Waals surface area contributed by atoms with Gasteiger partial charge in [0.2, 0.25) is 0 Å². The van der Waals surface area contributed by atoms with Gasteiger partial charge in [-0.25, -0.2) is 0 Å². The van der Waals surface area contributed by atoms with E-state index in [0.29, 0.717) is 17.7 Å². The second-order valence-corrected chi connectivity index (χ2v) is 9.20. The van der Waals surface area contributed by atoms with Crippen LogP contribution in [0.4, 0.5) is 11.4 Å². The number of likely N-dealkylation sites (N-methyl/N-ethyl adjacent to an activating group) is 1. The van der Waals surface area contributed by atoms with Crippen LogP contribution >= 0.6 is 0 Å². The predicted molar refractivity (Wildman–Crippen MR) is 148 cm³/mol. The lowest BCUT2D eigenvalue weighted by Gasteiger charge is -2.18. The molecule has 0 atom stereocenters. The van der Waals surface area contributed by atoms with Crippen LogP contribution in [0.3, 0.4) is 0 Å². The number of H-pyrrole nitrogens is 1. The first-order valence-electron chi connectivity index (χ1n) is 12.5. The Kier molecular flexibility index (Phi) is 7.60. The smallest absolute Gasteiger partial charge is 0.256 e. The van der Waals surface area contributed by atoms with Crippen molar-refractivity contribution in [3.8, 4) is 11.1 Å². The molecule has 1 aliphatic rings. The molecule has 7 nitrogen and oxygen atoms in total. The van der Waals surface area contributed by atoms with Crippen molar-refractivity contribution < 1.29 is 9.59 Å². The van der Waals surface area contributed by atoms with Crippen LogP contribution in [-0.4, -0.2) is 62.0 Å². The third-order valence-electron chi connectivity index (χ3n) is 6.72. The van der Waals surface area contributed by atoms with Crippen LogP contribution < -0.4 is 15.5 Å². The van der Waals surface area contributed by atoms with Crippen molar-refractivity contribution in [1.82, 2.24) is 15.2 Å². The maximum atomic E-state index is 13.4. The summed E-state index contributed by atoms with van der Waals surface area (Å²) >= 11 is 0. The van der Waals surface area contributed by atoms with Gasteiger partial charge in [-0.3, -0.25) is 9.59 Å². The number of nitrogens with one attached hydrogen (secondary N) is 3. The first kappa shape index (κ1) is 25.3. The van der Waals surface area contributed by atoms with Gasteiger partial charge in [0.1, 0.15) is 0 Å². The molecule has 0 unspecified atom stereocenters. The highest BCUT2D eigenvalue weighted by Gasteiger charge is 2.27. The molecule has 3 aromatic rings. The molecule has 4 rings (SSSR count). The summed E-state index contributed by atoms with van der Waals surface area (Å²) in [5.74, 6) is -0.272. The lowest BCUT2D eigenvalue weighted by Crippen LogP contribution is -2.35. The van der Waals surface area contributed by atoms with Gasteiger partial charge < -0.3 is 25.4 Å². The van der Waals surface area contributed by atoms with E-state index in [1.807, 2.05) is 80.5 Å². The Morgan fingerprint density at radius 2 is 1.72 bits per heavy atom. The summed E-state index contributed by atoms with van der Waals surface area (Å²) in [5.41, 5.74) is 7.11. The highest BCUT2D eigenvalue weighted by Crippen LogP contribution is 2.37. The number of para-hydroxylation sites is 1. The fraction of sp³-hybridized carbons (Fsp3) is 0.310. The third-order valence-corrected chi connectivity index (χ3v) is 6.72. The Balaban J connectivity index is 1.77. The molecule has 2 heterocycles. The van der Waals surface area contributed by atoms with Crippen LogP contribution in [0.2, 0.25) is 0 Å². The van der Waals surface area contributed by atoms with Crippen LogP contribution in [0, 0.1) is 6.92 Å². The van der Waals surface area contributed by atoms with E-state index in [1.165, 1.54) is 0 Å². The monoisotopic (exact) mass is 485 g/mol. The van der Waals surface area contributed by atoms with E-state index in [1.54, 1.807) is 0 Å². The largest absolute Gasteiger partial charge is 0.378 e. The van der Waals surface area contributed by atoms with Gasteiger partial charge in [0.05, 0.1) is 11.1 Å². The van der Waals surface area contributed by atoms with Crippen molar-refractivity contribution in [2.75, 3.05) is 50.5 Å². The fourth-order valence-electron chi connectivity index (χ4n) is 4.65. The number of anilines is 2. The molecule has 0 spiro atoms. The number of benzene rings is 2. The number of fused-ring (bicyclic) bond motifs is 1. The van der Waals surface area contributed by atoms with Crippen molar-refractivity contribution in [2.24, 2.45) is 0 Å². The van der Waals surface area contributed by atoms with Crippen molar-refractivity contribution >= 4 is 34.8 Å². The maximum absolute atomic E-state index is 13.4. The first-order valence-corrected chi connectivity index (χ1v) is 12.5. The molecular weight excluding hydrogens is 450 g/mol. The SMILES string of the molecule is CCN(CC)CCNC(=O)c1c(C)[nH]c(/C=C2\C(=O)Nc3ccccc32)c1-c1ccc(N(C)C)cc1. The summed E-state index contributed by atoms with van der Waals surface area (Å²) in [5, 5.41) is 6.03. The van der Waals surface area contributed by atoms with E-state index in [-0.39, 0.29) is 11.8 Å². The molecule has 2 amide bonds. The molecule has 0 fully saturated rings. The molecule has 0 aliphatic carbocycles. The summed E-state index contributed by atoms with van der Waals surface area (Å²) in [6, 6.07) is 15.8. The first-order chi connectivity index (χ1) is 17.3. The lowest BCUT2D eigenvalue weighted by atomic mass is 9.97. The van der Waals surface area contributed by atoms with Gasteiger partial charge >= 0.3 is 0 Å². The topological polar surface area (TPSA) is 80.5 Å². The number of amides is 2. The number of hydrogen-bond donors (Lipinski definition) is 3. The summed E-state index contributed by atoms with van der Waals surface area (Å²) in [6.45, 7) is 9.39. The zero-order valence-electron chi connectivity index (χ0n) is 21.7. The minimum absolute atomic E-state index is 0.122. The van der Waals surface area contributed by atoms with E-state index in [2.05, 4.69) is 34.4 Å². The van der Waals surface area contributed by atoms with Crippen molar-refractivity contribution in [1.29, 1.82) is 0 Å². The van der Waals surface area contributed by atoms with E-state index >= 15 is 0 Å². The Labute approximate surface area is 213 Å². The molecule has 3 N–H and O–H groups in total. The third kappa shape index (κ3) is 5.06. The number of aromatic amines is 1. The van der Waals surface area contributed by atoms with Gasteiger partial charge in [0.15, 0.2) is 0 Å². The van der Waals surface area contributed by atoms with Gasteiger partial charge in [-0.1, -0.05) is 44.2 Å². The fourth-order valence-corrected chi connectivity index (χ4v) is 4.65. The minimum Gasteiger partial charge on any atom is -0.378 e. The molecule has 0 saturated heterocycles. The van der Waals surface area contributed by atoms with E-state index in [0.717, 1.165) is 59.1 Å². The van der Waals surface area contributed by atoms with Gasteiger partial charge in [-0.15, -0.1) is 0 Å². The maximum Gasteiger partial charge on any atom is 0.256 e. The van der Waals surface area contributed by atoms with Crippen LogP contribution in [0.1, 0.15) is 41.2 Å². The molecule has 7 heteroatoms. The quantitative estimate of drug-likeness (QED) is 0.387. The lowest BCUT2D eigenvalue weighted by molar-refractivity contribution is -0.110. The van der Waals surface area contributed by atoms with Crippen molar-refractivity contribution in [3.63, 3.8) is 0 Å². The van der Waals surface area contributed by atoms with Gasteiger partial charge in [-0.05, 0) is 49.9 Å². The van der Waals surface area contributed by atoms with Gasteiger partial charge in [-0.2, -0.15) is 0 Å². The summed E-state index contributed by atoms with van der Waals surface area (Å²) in [4.78, 5) is 34.0. The number of carbonyl (C=O) groups is 2. The molecular formula is C29H35N5O2. The molecule has 0 saturated carbocycles. The molecule has 36 heavy (non-hydrogen) atoms. The molecule has 188 valence electrons. The van der Waals surface area contributed by atoms with Crippen LogP contribution in [0.15, 0.2) is 48.5 Å². The van der Waals surface area contributed by atoms with E-state index in [4.69, 9.17) is 0 Å². The average Bonchev–Trinajstić information content (AvgIpc) is 3.37. The second-order valence-electron chi connectivity index (χ2n) is 9.20. The zero-order valence-corrected chi connectivity index (χ0v) is 21.7. The van der Waals surface area contributed by atoms with Crippen LogP contribution in [-0.2, 0) is 4.79 Å². The molecule has 0 radical (unpaired) electrons. The zero-order chi connectivity index (χ0) is 25.8. The normalized spacial score (nSPS) is 13.7. The Morgan fingerprint density at radius 3 is 2.39 bits per heavy atom. The Hall–Kier alpha value is -3.84. The number of carbonyl (C=O) groups excluding carboxylic acids is 2. The van der Waals surface area contributed by atoms with E-state index < -0.39 is 0 Å². The van der Waals surface area contributed by atoms with Gasteiger partial charge in [0.25, 0.3) is 11.8 Å². The number of aromatic nitrogens is 1. The summed E-state index contributed by atoms with van der Waals surface area (Å²) < 4.78 is 0. The number of rotatable bonds is 9. The van der Waals surface area contributed by atoms with E-state index in [9.17, 15) is 9.59 Å². The van der Waals surface area contributed by atoms with Crippen molar-refractivity contribution in [2.45, 2.75) is 20.8 Å². The minimum atomic E-state index is -0.150. The molecule has 2 aromatic carbocycles. The standard InChI is InChI=1S/C29H35N5O2/c1-6-34(7-2)17-16-30-29(36)26-19(3)31-25(27(26)20-12-14-21(15-13-20)33(4)5)18-23-22-10-8-9-11-24(22)32-28(23)35/h8-15,18,31H,6-7,16-17H2,1-5H3,(H,30,36)(H,32,35)/b23-18-. The molecule has 0 bridgehead atoms. The predicted octanol–water partition coefficient (Wildman–Crippen LogP) is 4.62. The van der Waals surface area contributed by atoms with Gasteiger partial charge in [0, 0.05) is 61.1 Å². The second kappa shape index (κ2) is 10.8. The number of hydrogen-bond acceptors (Lipinski definition) is 4. The van der Waals surface area contributed by atoms with Crippen LogP contribution in [0.25, 0.3) is 22.8 Å². The Morgan fingerprint density at radius 1 is 1.03 bits per heavy atom. The molecule has 1 aromatic heterocycles. The summed E-state index contributed by atoms with van der Waals surface area (Å²) in [6.07, 6.45) is 1.86. The highest BCUT2D eigenvalue weighted by molar-refractivity contribution is 6.35. The average molecular weight is 486 g/mol.